The first-order chi connectivity index (χ1) is 8.82. The average molecular weight is 348 g/mol. The van der Waals surface area contributed by atoms with Crippen molar-refractivity contribution in [1.82, 2.24) is 0 Å². The first kappa shape index (κ1) is 15.3. The summed E-state index contributed by atoms with van der Waals surface area (Å²) in [5.74, 6) is -3.15. The lowest BCUT2D eigenvalue weighted by molar-refractivity contribution is -0.131. The molecule has 0 aromatic heterocycles. The maximum absolute atomic E-state index is 11.5. The molecular formula is C11H8BrClN2O4. The molecule has 1 aromatic rings. The summed E-state index contributed by atoms with van der Waals surface area (Å²) in [5, 5.41) is 11.9. The first-order valence-electron chi connectivity index (χ1n) is 4.90. The van der Waals surface area contributed by atoms with Crippen LogP contribution in [0, 0.1) is 0 Å². The Morgan fingerprint density at radius 2 is 2.00 bits per heavy atom. The minimum absolute atomic E-state index is 0.0985. The first-order valence-corrected chi connectivity index (χ1v) is 6.07. The molecule has 2 N–H and O–H groups in total. The summed E-state index contributed by atoms with van der Waals surface area (Å²) in [4.78, 5) is 33.1. The Morgan fingerprint density at radius 3 is 2.53 bits per heavy atom. The molecule has 0 aliphatic carbocycles. The van der Waals surface area contributed by atoms with Crippen molar-refractivity contribution in [3.05, 3.63) is 28.2 Å². The number of carboxylic acids is 1. The molecule has 0 aliphatic heterocycles. The van der Waals surface area contributed by atoms with Gasteiger partial charge in [-0.25, -0.2) is 4.79 Å². The van der Waals surface area contributed by atoms with Crippen LogP contribution >= 0.6 is 27.5 Å². The number of halogens is 2. The van der Waals surface area contributed by atoms with Crippen molar-refractivity contribution >= 4 is 55.9 Å². The zero-order valence-electron chi connectivity index (χ0n) is 9.61. The number of carbonyl (C=O) groups is 3. The number of anilines is 1. The van der Waals surface area contributed by atoms with Crippen molar-refractivity contribution < 1.29 is 19.5 Å². The van der Waals surface area contributed by atoms with Crippen LogP contribution in [0.4, 0.5) is 5.69 Å². The van der Waals surface area contributed by atoms with Crippen LogP contribution in [0.1, 0.15) is 17.3 Å². The standard InChI is InChI=1S/C11H8BrClN2O4/c1-5(16)10(13)15-14-8-3-2-6(12)4-7(8)9(17)11(18)19/h2-4,14H,1H3,(H,18,19)/b15-10-. The highest BCUT2D eigenvalue weighted by atomic mass is 79.9. The number of aliphatic carboxylic acids is 1. The summed E-state index contributed by atoms with van der Waals surface area (Å²) in [7, 11) is 0. The Balaban J connectivity index is 3.14. The molecule has 0 heterocycles. The van der Waals surface area contributed by atoms with Gasteiger partial charge in [-0.2, -0.15) is 5.10 Å². The van der Waals surface area contributed by atoms with Gasteiger partial charge in [-0.1, -0.05) is 27.5 Å². The van der Waals surface area contributed by atoms with Gasteiger partial charge in [0.2, 0.25) is 0 Å². The van der Waals surface area contributed by atoms with E-state index in [1.165, 1.54) is 19.1 Å². The van der Waals surface area contributed by atoms with Gasteiger partial charge in [0.15, 0.2) is 11.0 Å². The molecule has 0 bridgehead atoms. The third kappa shape index (κ3) is 4.15. The highest BCUT2D eigenvalue weighted by molar-refractivity contribution is 9.10. The van der Waals surface area contributed by atoms with Crippen LogP contribution in [0.15, 0.2) is 27.8 Å². The number of nitrogens with zero attached hydrogens (tertiary/aromatic N) is 1. The maximum Gasteiger partial charge on any atom is 0.377 e. The predicted octanol–water partition coefficient (Wildman–Crippen LogP) is 2.27. The molecule has 0 radical (unpaired) electrons. The van der Waals surface area contributed by atoms with Crippen LogP contribution < -0.4 is 5.43 Å². The monoisotopic (exact) mass is 346 g/mol. The largest absolute Gasteiger partial charge is 0.475 e. The Labute approximate surface area is 121 Å². The maximum atomic E-state index is 11.5. The molecule has 0 fully saturated rings. The van der Waals surface area contributed by atoms with E-state index in [0.717, 1.165) is 0 Å². The number of carbonyl (C=O) groups excluding carboxylic acids is 2. The topological polar surface area (TPSA) is 95.8 Å². The zero-order valence-corrected chi connectivity index (χ0v) is 11.9. The molecule has 0 saturated carbocycles. The third-order valence-corrected chi connectivity index (χ3v) is 2.83. The van der Waals surface area contributed by atoms with Gasteiger partial charge in [0.05, 0.1) is 11.3 Å². The van der Waals surface area contributed by atoms with Crippen molar-refractivity contribution in [2.45, 2.75) is 6.92 Å². The Morgan fingerprint density at radius 1 is 1.37 bits per heavy atom. The summed E-state index contributed by atoms with van der Waals surface area (Å²) < 4.78 is 0.532. The molecule has 0 aliphatic rings. The molecule has 19 heavy (non-hydrogen) atoms. The second-order valence-electron chi connectivity index (χ2n) is 3.39. The van der Waals surface area contributed by atoms with E-state index >= 15 is 0 Å². The molecule has 0 atom stereocenters. The number of carboxylic acid groups (broad SMARTS) is 1. The van der Waals surface area contributed by atoms with Gasteiger partial charge in [-0.15, -0.1) is 0 Å². The molecule has 1 aromatic carbocycles. The Bertz CT molecular complexity index is 586. The van der Waals surface area contributed by atoms with E-state index in [2.05, 4.69) is 26.5 Å². The minimum atomic E-state index is -1.59. The second kappa shape index (κ2) is 6.44. The van der Waals surface area contributed by atoms with E-state index in [1.54, 1.807) is 6.07 Å². The van der Waals surface area contributed by atoms with E-state index in [4.69, 9.17) is 16.7 Å². The van der Waals surface area contributed by atoms with Gasteiger partial charge >= 0.3 is 5.97 Å². The van der Waals surface area contributed by atoms with Gasteiger partial charge < -0.3 is 5.11 Å². The van der Waals surface area contributed by atoms with E-state index in [0.29, 0.717) is 4.47 Å². The lowest BCUT2D eigenvalue weighted by Gasteiger charge is -2.06. The molecule has 0 unspecified atom stereocenters. The molecule has 0 saturated heterocycles. The lowest BCUT2D eigenvalue weighted by Crippen LogP contribution is -2.15. The average Bonchev–Trinajstić information content (AvgIpc) is 2.35. The van der Waals surface area contributed by atoms with Crippen molar-refractivity contribution in [1.29, 1.82) is 0 Å². The van der Waals surface area contributed by atoms with E-state index in [9.17, 15) is 14.4 Å². The fraction of sp³-hybridized carbons (Fsp3) is 0.0909. The number of rotatable bonds is 5. The zero-order chi connectivity index (χ0) is 14.6. The van der Waals surface area contributed by atoms with Crippen molar-refractivity contribution in [3.63, 3.8) is 0 Å². The predicted molar refractivity (Wildman–Crippen MR) is 73.7 cm³/mol. The smallest absolute Gasteiger partial charge is 0.377 e. The lowest BCUT2D eigenvalue weighted by atomic mass is 10.1. The number of ketones is 2. The number of Topliss-reactive ketones (excluding diaryl/α,β-unsaturated/α-hetero) is 2. The Kier molecular flexibility index (Phi) is 5.20. The highest BCUT2D eigenvalue weighted by Crippen LogP contribution is 2.22. The highest BCUT2D eigenvalue weighted by Gasteiger charge is 2.19. The summed E-state index contributed by atoms with van der Waals surface area (Å²) in [6.07, 6.45) is 0. The second-order valence-corrected chi connectivity index (χ2v) is 4.67. The van der Waals surface area contributed by atoms with Crippen LogP contribution in [0.2, 0.25) is 0 Å². The summed E-state index contributed by atoms with van der Waals surface area (Å²) in [6.45, 7) is 1.22. The van der Waals surface area contributed by atoms with Crippen molar-refractivity contribution in [2.75, 3.05) is 5.43 Å². The number of hydrogen-bond donors (Lipinski definition) is 2. The van der Waals surface area contributed by atoms with Crippen LogP contribution in [0.25, 0.3) is 0 Å². The normalized spacial score (nSPS) is 11.0. The molecule has 100 valence electrons. The fourth-order valence-electron chi connectivity index (χ4n) is 1.11. The fourth-order valence-corrected chi connectivity index (χ4v) is 1.51. The molecule has 6 nitrogen and oxygen atoms in total. The molecule has 1 rings (SSSR count). The summed E-state index contributed by atoms with van der Waals surface area (Å²) in [5.41, 5.74) is 2.42. The van der Waals surface area contributed by atoms with Crippen LogP contribution in [0.5, 0.6) is 0 Å². The summed E-state index contributed by atoms with van der Waals surface area (Å²) >= 11 is 8.65. The number of hydrogen-bond acceptors (Lipinski definition) is 5. The van der Waals surface area contributed by atoms with Gasteiger partial charge in [0.1, 0.15) is 0 Å². The van der Waals surface area contributed by atoms with Crippen LogP contribution in [-0.2, 0) is 9.59 Å². The van der Waals surface area contributed by atoms with Gasteiger partial charge in [-0.05, 0) is 18.2 Å². The van der Waals surface area contributed by atoms with Crippen molar-refractivity contribution in [3.8, 4) is 0 Å². The molecular weight excluding hydrogens is 339 g/mol. The minimum Gasteiger partial charge on any atom is -0.475 e. The molecule has 0 amide bonds. The summed E-state index contributed by atoms with van der Waals surface area (Å²) in [6, 6.07) is 4.35. The van der Waals surface area contributed by atoms with Gasteiger partial charge in [0, 0.05) is 11.4 Å². The number of nitrogens with one attached hydrogen (secondary N) is 1. The SMILES string of the molecule is CC(=O)/C(Cl)=N/Nc1ccc(Br)cc1C(=O)C(=O)O. The van der Waals surface area contributed by atoms with Crippen LogP contribution in [-0.4, -0.2) is 27.8 Å². The quantitative estimate of drug-likeness (QED) is 0.369. The third-order valence-electron chi connectivity index (χ3n) is 1.99. The van der Waals surface area contributed by atoms with Crippen LogP contribution in [0.3, 0.4) is 0 Å². The van der Waals surface area contributed by atoms with E-state index in [1.807, 2.05) is 0 Å². The number of benzene rings is 1. The van der Waals surface area contributed by atoms with Crippen molar-refractivity contribution in [2.24, 2.45) is 5.10 Å². The Hall–Kier alpha value is -1.73. The van der Waals surface area contributed by atoms with Gasteiger partial charge in [-0.3, -0.25) is 15.0 Å². The van der Waals surface area contributed by atoms with E-state index < -0.39 is 17.5 Å². The molecule has 8 heteroatoms. The van der Waals surface area contributed by atoms with Gasteiger partial charge in [0.25, 0.3) is 5.78 Å². The number of hydrazone groups is 1. The van der Waals surface area contributed by atoms with E-state index in [-0.39, 0.29) is 16.4 Å². The molecule has 0 spiro atoms.